The summed E-state index contributed by atoms with van der Waals surface area (Å²) in [6.07, 6.45) is 15.8. The predicted octanol–water partition coefficient (Wildman–Crippen LogP) is 12.7. The van der Waals surface area contributed by atoms with Gasteiger partial charge < -0.3 is 14.4 Å². The number of thioether (sulfide) groups is 1. The third-order valence-corrected chi connectivity index (χ3v) is 13.8. The number of ether oxygens (including phenoxy) is 2. The number of hydrogen-bond acceptors (Lipinski definition) is 4. The van der Waals surface area contributed by atoms with Gasteiger partial charge in [0.25, 0.3) is 0 Å². The molecule has 55 heavy (non-hydrogen) atoms. The molecule has 2 fully saturated rings. The molecule has 6 aromatic rings. The Kier molecular flexibility index (Phi) is 8.87. The molecule has 1 saturated carbocycles. The Morgan fingerprint density at radius 1 is 0.673 bits per heavy atom. The summed E-state index contributed by atoms with van der Waals surface area (Å²) in [5.74, 6) is 1.01. The van der Waals surface area contributed by atoms with E-state index in [1.807, 2.05) is 11.8 Å². The van der Waals surface area contributed by atoms with Crippen molar-refractivity contribution in [2.75, 3.05) is 37.5 Å². The smallest absolute Gasteiger partial charge is 0.178 e. The van der Waals surface area contributed by atoms with Crippen LogP contribution in [0.15, 0.2) is 126 Å². The van der Waals surface area contributed by atoms with Crippen LogP contribution in [0, 0.1) is 6.92 Å². The standard InChI is InChI=1S/C51H49NO2S/c1-35-17-19-36(20-18-35)42-33-44-43(34-46(42)55-2)47-40-15-9-10-16-45(40)50(26-11-4-3-5-12-27-50)48(47)41-25-28-51(54-49(41)44,37-13-7-6-8-14-37)38-21-23-39(24-22-38)52-29-31-53-32-30-52/h6-10,13-25,28,33-34H,3-5,11-12,26-27,29-32H2,1-2H3. The van der Waals surface area contributed by atoms with Gasteiger partial charge in [-0.15, -0.1) is 11.8 Å². The van der Waals surface area contributed by atoms with Crippen LogP contribution in [0.5, 0.6) is 5.75 Å². The molecule has 1 atom stereocenters. The molecule has 4 aliphatic rings. The van der Waals surface area contributed by atoms with Gasteiger partial charge in [0.2, 0.25) is 0 Å². The van der Waals surface area contributed by atoms with E-state index < -0.39 is 5.60 Å². The van der Waals surface area contributed by atoms with E-state index in [1.165, 1.54) is 111 Å². The fourth-order valence-electron chi connectivity index (χ4n) is 10.3. The van der Waals surface area contributed by atoms with E-state index in [0.717, 1.165) is 43.2 Å². The lowest BCUT2D eigenvalue weighted by Crippen LogP contribution is -2.37. The summed E-state index contributed by atoms with van der Waals surface area (Å²) in [6, 6.07) is 43.3. The van der Waals surface area contributed by atoms with Crippen molar-refractivity contribution in [3.63, 3.8) is 0 Å². The molecule has 276 valence electrons. The number of nitrogens with zero attached hydrogens (tertiary/aromatic N) is 1. The molecule has 2 aliphatic carbocycles. The van der Waals surface area contributed by atoms with E-state index in [0.29, 0.717) is 0 Å². The van der Waals surface area contributed by atoms with E-state index in [1.54, 1.807) is 0 Å². The average Bonchev–Trinajstić information content (AvgIpc) is 3.53. The summed E-state index contributed by atoms with van der Waals surface area (Å²) in [5, 5.41) is 2.50. The zero-order valence-corrected chi connectivity index (χ0v) is 32.9. The maximum Gasteiger partial charge on any atom is 0.178 e. The van der Waals surface area contributed by atoms with E-state index in [-0.39, 0.29) is 5.41 Å². The van der Waals surface area contributed by atoms with Crippen LogP contribution >= 0.6 is 11.8 Å². The maximum absolute atomic E-state index is 7.86. The molecule has 0 N–H and O–H groups in total. The minimum absolute atomic E-state index is 0.0416. The Morgan fingerprint density at radius 2 is 1.36 bits per heavy atom. The van der Waals surface area contributed by atoms with Gasteiger partial charge in [0.1, 0.15) is 5.75 Å². The van der Waals surface area contributed by atoms with Crippen molar-refractivity contribution in [2.24, 2.45) is 0 Å². The van der Waals surface area contributed by atoms with Crippen LogP contribution in [0.1, 0.15) is 78.3 Å². The second-order valence-corrected chi connectivity index (χ2v) is 16.9. The highest BCUT2D eigenvalue weighted by atomic mass is 32.2. The number of hydrogen-bond donors (Lipinski definition) is 0. The summed E-state index contributed by atoms with van der Waals surface area (Å²) in [6.45, 7) is 5.53. The molecule has 1 saturated heterocycles. The topological polar surface area (TPSA) is 21.7 Å². The Morgan fingerprint density at radius 3 is 2.11 bits per heavy atom. The quantitative estimate of drug-likeness (QED) is 0.164. The second kappa shape index (κ2) is 14.1. The molecule has 0 bridgehead atoms. The minimum Gasteiger partial charge on any atom is -0.472 e. The predicted molar refractivity (Wildman–Crippen MR) is 231 cm³/mol. The van der Waals surface area contributed by atoms with E-state index in [4.69, 9.17) is 9.47 Å². The van der Waals surface area contributed by atoms with E-state index in [2.05, 4.69) is 145 Å². The molecular weight excluding hydrogens is 691 g/mol. The van der Waals surface area contributed by atoms with Crippen molar-refractivity contribution in [1.82, 2.24) is 0 Å². The fraction of sp³-hybridized carbons (Fsp3) is 0.294. The highest BCUT2D eigenvalue weighted by Gasteiger charge is 2.48. The second-order valence-electron chi connectivity index (χ2n) is 16.0. The van der Waals surface area contributed by atoms with Crippen LogP contribution in [0.2, 0.25) is 0 Å². The Hall–Kier alpha value is -4.77. The number of benzene rings is 6. The van der Waals surface area contributed by atoms with Gasteiger partial charge in [0.05, 0.1) is 13.2 Å². The van der Waals surface area contributed by atoms with Gasteiger partial charge in [0.15, 0.2) is 5.60 Å². The lowest BCUT2D eigenvalue weighted by molar-refractivity contribution is 0.122. The summed E-state index contributed by atoms with van der Waals surface area (Å²) >= 11 is 1.85. The number of fused-ring (bicyclic) bond motifs is 10. The third-order valence-electron chi connectivity index (χ3n) is 13.0. The van der Waals surface area contributed by atoms with Gasteiger partial charge >= 0.3 is 0 Å². The molecule has 4 heteroatoms. The third kappa shape index (κ3) is 5.67. The summed E-state index contributed by atoms with van der Waals surface area (Å²) < 4.78 is 13.5. The van der Waals surface area contributed by atoms with Crippen molar-refractivity contribution in [2.45, 2.75) is 67.8 Å². The number of rotatable bonds is 5. The summed E-state index contributed by atoms with van der Waals surface area (Å²) in [5.41, 5.74) is 13.5. The zero-order valence-electron chi connectivity index (χ0n) is 32.1. The molecule has 1 unspecified atom stereocenters. The van der Waals surface area contributed by atoms with Crippen molar-refractivity contribution in [3.05, 3.63) is 155 Å². The summed E-state index contributed by atoms with van der Waals surface area (Å²) in [4.78, 5) is 3.72. The molecule has 0 amide bonds. The van der Waals surface area contributed by atoms with Crippen molar-refractivity contribution >= 4 is 34.3 Å². The Bertz CT molecular complexity index is 2400. The minimum atomic E-state index is -0.805. The maximum atomic E-state index is 7.86. The summed E-state index contributed by atoms with van der Waals surface area (Å²) in [7, 11) is 0. The molecule has 0 radical (unpaired) electrons. The van der Waals surface area contributed by atoms with E-state index >= 15 is 0 Å². The van der Waals surface area contributed by atoms with Gasteiger partial charge in [-0.2, -0.15) is 0 Å². The highest BCUT2D eigenvalue weighted by molar-refractivity contribution is 7.98. The largest absolute Gasteiger partial charge is 0.472 e. The lowest BCUT2D eigenvalue weighted by Gasteiger charge is -2.40. The molecule has 2 aliphatic heterocycles. The first kappa shape index (κ1) is 34.7. The van der Waals surface area contributed by atoms with Crippen LogP contribution in [0.25, 0.3) is 39.1 Å². The van der Waals surface area contributed by atoms with Gasteiger partial charge in [-0.25, -0.2) is 0 Å². The number of aryl methyl sites for hydroxylation is 1. The van der Waals surface area contributed by atoms with Crippen LogP contribution in [0.3, 0.4) is 0 Å². The highest BCUT2D eigenvalue weighted by Crippen LogP contribution is 2.62. The molecule has 10 rings (SSSR count). The van der Waals surface area contributed by atoms with Gasteiger partial charge in [0, 0.05) is 51.2 Å². The van der Waals surface area contributed by atoms with Crippen LogP contribution in [-0.4, -0.2) is 32.6 Å². The van der Waals surface area contributed by atoms with Crippen molar-refractivity contribution in [3.8, 4) is 28.0 Å². The number of anilines is 1. The Labute approximate surface area is 330 Å². The van der Waals surface area contributed by atoms with Crippen LogP contribution < -0.4 is 9.64 Å². The molecule has 1 spiro atoms. The molecule has 6 aromatic carbocycles. The molecule has 3 nitrogen and oxygen atoms in total. The first-order valence-electron chi connectivity index (χ1n) is 20.4. The molecule has 0 aromatic heterocycles. The lowest BCUT2D eigenvalue weighted by atomic mass is 9.67. The Balaban J connectivity index is 1.26. The van der Waals surface area contributed by atoms with Crippen molar-refractivity contribution in [1.29, 1.82) is 0 Å². The van der Waals surface area contributed by atoms with E-state index in [9.17, 15) is 0 Å². The zero-order chi connectivity index (χ0) is 37.0. The van der Waals surface area contributed by atoms with Crippen molar-refractivity contribution < 1.29 is 9.47 Å². The molecular formula is C51H49NO2S. The van der Waals surface area contributed by atoms with Gasteiger partial charge in [-0.1, -0.05) is 135 Å². The van der Waals surface area contributed by atoms with Crippen LogP contribution in [-0.2, 0) is 15.8 Å². The number of morpholine rings is 1. The fourth-order valence-corrected chi connectivity index (χ4v) is 10.9. The normalized spacial score (nSPS) is 20.0. The first-order chi connectivity index (χ1) is 27.1. The SMILES string of the molecule is CSc1cc2c3c(c4c(c2cc1-c1ccc(C)cc1)OC(c1ccccc1)(c1ccc(N2CCOCC2)cc1)C=C4)C1(CCCCCCC1)c1ccccc1-3. The van der Waals surface area contributed by atoms with Crippen LogP contribution in [0.4, 0.5) is 5.69 Å². The molecule has 2 heterocycles. The van der Waals surface area contributed by atoms with Gasteiger partial charge in [-0.3, -0.25) is 0 Å². The monoisotopic (exact) mass is 739 g/mol. The first-order valence-corrected chi connectivity index (χ1v) is 21.6. The van der Waals surface area contributed by atoms with Gasteiger partial charge in [-0.05, 0) is 95.1 Å². The average molecular weight is 740 g/mol.